The number of benzene rings is 1. The summed E-state index contributed by atoms with van der Waals surface area (Å²) in [4.78, 5) is 14.2. The van der Waals surface area contributed by atoms with Gasteiger partial charge in [0, 0.05) is 38.3 Å². The van der Waals surface area contributed by atoms with Gasteiger partial charge in [-0.15, -0.1) is 25.6 Å². The Morgan fingerprint density at radius 1 is 1.21 bits per heavy atom. The fourth-order valence-electron chi connectivity index (χ4n) is 2.35. The third-order valence-corrected chi connectivity index (χ3v) is 3.50. The molecule has 0 spiro atoms. The van der Waals surface area contributed by atoms with Gasteiger partial charge in [-0.2, -0.15) is 0 Å². The van der Waals surface area contributed by atoms with Gasteiger partial charge in [0.15, 0.2) is 0 Å². The molecular formula is C15H21ClF3N3O2. The molecular weight excluding hydrogens is 347 g/mol. The van der Waals surface area contributed by atoms with Gasteiger partial charge in [0.2, 0.25) is 0 Å². The van der Waals surface area contributed by atoms with Gasteiger partial charge in [0.1, 0.15) is 5.75 Å². The van der Waals surface area contributed by atoms with Crippen LogP contribution in [0.3, 0.4) is 0 Å². The highest BCUT2D eigenvalue weighted by Gasteiger charge is 2.31. The molecule has 1 aromatic carbocycles. The zero-order valence-electron chi connectivity index (χ0n) is 13.1. The molecule has 24 heavy (non-hydrogen) atoms. The Morgan fingerprint density at radius 2 is 1.83 bits per heavy atom. The van der Waals surface area contributed by atoms with Crippen molar-refractivity contribution in [2.45, 2.75) is 12.8 Å². The number of carbonyl (C=O) groups excluding carboxylic acids is 1. The molecule has 2 rings (SSSR count). The van der Waals surface area contributed by atoms with Crippen LogP contribution in [0.5, 0.6) is 5.75 Å². The first-order chi connectivity index (χ1) is 10.9. The summed E-state index contributed by atoms with van der Waals surface area (Å²) >= 11 is 0. The minimum absolute atomic E-state index is 0. The molecule has 0 atom stereocenters. The normalized spacial score (nSPS) is 15.5. The van der Waals surface area contributed by atoms with Crippen LogP contribution in [0.15, 0.2) is 24.3 Å². The molecule has 1 saturated heterocycles. The van der Waals surface area contributed by atoms with E-state index in [2.05, 4.69) is 20.3 Å². The third kappa shape index (κ3) is 7.37. The van der Waals surface area contributed by atoms with Crippen LogP contribution in [0.25, 0.3) is 0 Å². The predicted molar refractivity (Wildman–Crippen MR) is 86.6 cm³/mol. The van der Waals surface area contributed by atoms with Crippen LogP contribution >= 0.6 is 12.4 Å². The van der Waals surface area contributed by atoms with Crippen LogP contribution in [0, 0.1) is 0 Å². The minimum atomic E-state index is -4.73. The van der Waals surface area contributed by atoms with Crippen LogP contribution in [0.2, 0.25) is 0 Å². The van der Waals surface area contributed by atoms with Gasteiger partial charge < -0.3 is 20.3 Å². The average Bonchev–Trinajstić information content (AvgIpc) is 2.51. The summed E-state index contributed by atoms with van der Waals surface area (Å²) in [5.41, 5.74) is 0.307. The molecule has 1 aliphatic rings. The number of rotatable bonds is 6. The van der Waals surface area contributed by atoms with Crippen molar-refractivity contribution >= 4 is 18.3 Å². The minimum Gasteiger partial charge on any atom is -0.406 e. The van der Waals surface area contributed by atoms with Gasteiger partial charge in [-0.1, -0.05) is 0 Å². The molecule has 1 aromatic rings. The quantitative estimate of drug-likeness (QED) is 0.755. The van der Waals surface area contributed by atoms with Crippen molar-refractivity contribution in [3.8, 4) is 5.75 Å². The number of hydrogen-bond acceptors (Lipinski definition) is 4. The number of nitrogens with zero attached hydrogens (tertiary/aromatic N) is 1. The predicted octanol–water partition coefficient (Wildman–Crippen LogP) is 2.03. The molecule has 0 unspecified atom stereocenters. The van der Waals surface area contributed by atoms with E-state index in [1.807, 2.05) is 0 Å². The first-order valence-corrected chi connectivity index (χ1v) is 7.51. The van der Waals surface area contributed by atoms with Crippen molar-refractivity contribution in [3.63, 3.8) is 0 Å². The largest absolute Gasteiger partial charge is 0.573 e. The van der Waals surface area contributed by atoms with E-state index in [-0.39, 0.29) is 24.1 Å². The number of alkyl halides is 3. The smallest absolute Gasteiger partial charge is 0.406 e. The van der Waals surface area contributed by atoms with E-state index >= 15 is 0 Å². The van der Waals surface area contributed by atoms with E-state index in [0.29, 0.717) is 12.1 Å². The van der Waals surface area contributed by atoms with E-state index in [1.54, 1.807) is 0 Å². The molecule has 9 heteroatoms. The Hall–Kier alpha value is -1.51. The van der Waals surface area contributed by atoms with E-state index < -0.39 is 6.36 Å². The van der Waals surface area contributed by atoms with E-state index in [9.17, 15) is 18.0 Å². The summed E-state index contributed by atoms with van der Waals surface area (Å²) in [7, 11) is 0. The molecule has 1 amide bonds. The lowest BCUT2D eigenvalue weighted by Gasteiger charge is -2.27. The number of piperazine rings is 1. The molecule has 0 saturated carbocycles. The van der Waals surface area contributed by atoms with Gasteiger partial charge in [-0.3, -0.25) is 4.79 Å². The number of carbonyl (C=O) groups is 1. The zero-order chi connectivity index (χ0) is 16.7. The standard InChI is InChI=1S/C15H20F3N3O2.ClH/c16-15(17,18)23-13-4-2-12(3-5-13)14(22)20-6-1-9-21-10-7-19-8-11-21;/h2-5,19H,1,6-11H2,(H,20,22);1H. The molecule has 0 radical (unpaired) electrons. The third-order valence-electron chi connectivity index (χ3n) is 3.50. The zero-order valence-corrected chi connectivity index (χ0v) is 13.9. The molecule has 0 aromatic heterocycles. The first kappa shape index (κ1) is 20.5. The maximum atomic E-state index is 12.1. The van der Waals surface area contributed by atoms with Crippen molar-refractivity contribution in [3.05, 3.63) is 29.8 Å². The van der Waals surface area contributed by atoms with Crippen LogP contribution in [0.1, 0.15) is 16.8 Å². The number of amides is 1. The molecule has 0 bridgehead atoms. The molecule has 136 valence electrons. The molecule has 1 aliphatic heterocycles. The lowest BCUT2D eigenvalue weighted by molar-refractivity contribution is -0.274. The van der Waals surface area contributed by atoms with Crippen molar-refractivity contribution in [1.82, 2.24) is 15.5 Å². The second-order valence-corrected chi connectivity index (χ2v) is 5.27. The van der Waals surface area contributed by atoms with E-state index in [1.165, 1.54) is 12.1 Å². The fourth-order valence-corrected chi connectivity index (χ4v) is 2.35. The summed E-state index contributed by atoms with van der Waals surface area (Å²) < 4.78 is 39.9. The number of nitrogens with one attached hydrogen (secondary N) is 2. The summed E-state index contributed by atoms with van der Waals surface area (Å²) in [5.74, 6) is -0.642. The number of hydrogen-bond donors (Lipinski definition) is 2. The van der Waals surface area contributed by atoms with Gasteiger partial charge in [-0.05, 0) is 37.2 Å². The van der Waals surface area contributed by atoms with Gasteiger partial charge in [0.25, 0.3) is 5.91 Å². The Labute approximate surface area is 144 Å². The second-order valence-electron chi connectivity index (χ2n) is 5.27. The topological polar surface area (TPSA) is 53.6 Å². The van der Waals surface area contributed by atoms with E-state index in [4.69, 9.17) is 0 Å². The van der Waals surface area contributed by atoms with Crippen LogP contribution in [0.4, 0.5) is 13.2 Å². The lowest BCUT2D eigenvalue weighted by atomic mass is 10.2. The monoisotopic (exact) mass is 367 g/mol. The Morgan fingerprint density at radius 3 is 2.42 bits per heavy atom. The SMILES string of the molecule is Cl.O=C(NCCCN1CCNCC1)c1ccc(OC(F)(F)F)cc1. The lowest BCUT2D eigenvalue weighted by Crippen LogP contribution is -2.44. The number of halogens is 4. The molecule has 1 heterocycles. The maximum Gasteiger partial charge on any atom is 0.573 e. The first-order valence-electron chi connectivity index (χ1n) is 7.51. The van der Waals surface area contributed by atoms with Gasteiger partial charge >= 0.3 is 6.36 Å². The Balaban J connectivity index is 0.00000288. The second kappa shape index (κ2) is 9.71. The maximum absolute atomic E-state index is 12.1. The average molecular weight is 368 g/mol. The highest BCUT2D eigenvalue weighted by Crippen LogP contribution is 2.22. The summed E-state index contributed by atoms with van der Waals surface area (Å²) in [6, 6.07) is 4.88. The van der Waals surface area contributed by atoms with Crippen LogP contribution in [-0.4, -0.2) is 56.4 Å². The Kier molecular flexibility index (Phi) is 8.30. The van der Waals surface area contributed by atoms with Crippen molar-refractivity contribution in [1.29, 1.82) is 0 Å². The van der Waals surface area contributed by atoms with E-state index in [0.717, 1.165) is 51.3 Å². The highest BCUT2D eigenvalue weighted by molar-refractivity contribution is 5.94. The summed E-state index contributed by atoms with van der Waals surface area (Å²) in [5, 5.41) is 6.03. The van der Waals surface area contributed by atoms with Crippen molar-refractivity contribution in [2.24, 2.45) is 0 Å². The van der Waals surface area contributed by atoms with Crippen molar-refractivity contribution in [2.75, 3.05) is 39.3 Å². The highest BCUT2D eigenvalue weighted by atomic mass is 35.5. The van der Waals surface area contributed by atoms with Gasteiger partial charge in [-0.25, -0.2) is 0 Å². The van der Waals surface area contributed by atoms with Crippen molar-refractivity contribution < 1.29 is 22.7 Å². The van der Waals surface area contributed by atoms with Gasteiger partial charge in [0.05, 0.1) is 0 Å². The fraction of sp³-hybridized carbons (Fsp3) is 0.533. The molecule has 5 nitrogen and oxygen atoms in total. The Bertz CT molecular complexity index is 506. The van der Waals surface area contributed by atoms with Crippen LogP contribution < -0.4 is 15.4 Å². The molecule has 0 aliphatic carbocycles. The van der Waals surface area contributed by atoms with Crippen LogP contribution in [-0.2, 0) is 0 Å². The summed E-state index contributed by atoms with van der Waals surface area (Å²) in [6.45, 7) is 5.44. The summed E-state index contributed by atoms with van der Waals surface area (Å²) in [6.07, 6.45) is -3.89. The number of ether oxygens (including phenoxy) is 1. The molecule has 2 N–H and O–H groups in total. The molecule has 1 fully saturated rings.